The Morgan fingerprint density at radius 2 is 1.83 bits per heavy atom. The van der Waals surface area contributed by atoms with Crippen molar-refractivity contribution in [3.05, 3.63) is 58.1 Å². The predicted molar refractivity (Wildman–Crippen MR) is 92.4 cm³/mol. The smallest absolute Gasteiger partial charge is 0.338 e. The summed E-state index contributed by atoms with van der Waals surface area (Å²) in [6, 6.07) is 12.8. The summed E-state index contributed by atoms with van der Waals surface area (Å²) < 4.78 is 16.6. The number of carbonyl (C=O) groups is 2. The van der Waals surface area contributed by atoms with Crippen molar-refractivity contribution in [2.45, 2.75) is 13.5 Å². The van der Waals surface area contributed by atoms with Gasteiger partial charge in [-0.25, -0.2) is 4.79 Å². The fraction of sp³-hybridized carbons (Fsp3) is 0.222. The van der Waals surface area contributed by atoms with Gasteiger partial charge in [0, 0.05) is 0 Å². The molecule has 2 aromatic rings. The molecule has 0 unspecified atom stereocenters. The zero-order valence-corrected chi connectivity index (χ0v) is 15.0. The van der Waals surface area contributed by atoms with Gasteiger partial charge in [-0.05, 0) is 40.5 Å². The molecule has 0 saturated heterocycles. The van der Waals surface area contributed by atoms with Crippen LogP contribution in [0.3, 0.4) is 0 Å². The van der Waals surface area contributed by atoms with Crippen molar-refractivity contribution in [3.8, 4) is 11.5 Å². The molecule has 0 spiro atoms. The van der Waals surface area contributed by atoms with E-state index in [-0.39, 0.29) is 18.0 Å². The van der Waals surface area contributed by atoms with Crippen LogP contribution in [0.4, 0.5) is 0 Å². The second-order valence-corrected chi connectivity index (χ2v) is 5.90. The maximum Gasteiger partial charge on any atom is 0.338 e. The molecule has 24 heavy (non-hydrogen) atoms. The molecular formula is C18H17BrO5. The molecular weight excluding hydrogens is 376 g/mol. The van der Waals surface area contributed by atoms with Gasteiger partial charge < -0.3 is 14.2 Å². The summed E-state index contributed by atoms with van der Waals surface area (Å²) >= 11 is 3.38. The first kappa shape index (κ1) is 18.0. The van der Waals surface area contributed by atoms with Crippen molar-refractivity contribution in [1.29, 1.82) is 0 Å². The molecule has 0 N–H and O–H groups in total. The number of Topliss-reactive ketones (excluding diaryl/α,β-unsaturated/α-hetero) is 1. The summed E-state index contributed by atoms with van der Waals surface area (Å²) in [6.45, 7) is 1.46. The summed E-state index contributed by atoms with van der Waals surface area (Å²) in [5.41, 5.74) is 1.28. The molecule has 0 atom stereocenters. The van der Waals surface area contributed by atoms with Crippen molar-refractivity contribution in [2.75, 3.05) is 13.7 Å². The largest absolute Gasteiger partial charge is 0.493 e. The molecule has 0 aromatic heterocycles. The number of halogens is 1. The Kier molecular flexibility index (Phi) is 6.37. The minimum absolute atomic E-state index is 0.225. The molecule has 0 fully saturated rings. The van der Waals surface area contributed by atoms with E-state index in [9.17, 15) is 9.59 Å². The summed E-state index contributed by atoms with van der Waals surface area (Å²) in [4.78, 5) is 22.9. The molecule has 0 radical (unpaired) electrons. The van der Waals surface area contributed by atoms with E-state index in [4.69, 9.17) is 14.2 Å². The van der Waals surface area contributed by atoms with E-state index in [1.54, 1.807) is 6.07 Å². The maximum atomic E-state index is 12.0. The van der Waals surface area contributed by atoms with Crippen molar-refractivity contribution >= 4 is 27.7 Å². The minimum Gasteiger partial charge on any atom is -0.493 e. The van der Waals surface area contributed by atoms with Crippen molar-refractivity contribution < 1.29 is 23.8 Å². The number of carbonyl (C=O) groups excluding carboxylic acids is 2. The summed E-state index contributed by atoms with van der Waals surface area (Å²) in [6.07, 6.45) is 0. The average Bonchev–Trinajstić information content (AvgIpc) is 2.58. The lowest BCUT2D eigenvalue weighted by Gasteiger charge is -2.14. The number of benzene rings is 2. The van der Waals surface area contributed by atoms with Gasteiger partial charge >= 0.3 is 5.97 Å². The van der Waals surface area contributed by atoms with Crippen molar-refractivity contribution in [1.82, 2.24) is 0 Å². The number of hydrogen-bond donors (Lipinski definition) is 0. The van der Waals surface area contributed by atoms with Crippen LogP contribution < -0.4 is 9.47 Å². The number of esters is 1. The molecule has 0 bridgehead atoms. The Hall–Kier alpha value is -2.34. The Balaban J connectivity index is 2.17. The van der Waals surface area contributed by atoms with Crippen LogP contribution >= 0.6 is 15.9 Å². The van der Waals surface area contributed by atoms with Gasteiger partial charge in [0.15, 0.2) is 17.3 Å². The van der Waals surface area contributed by atoms with E-state index < -0.39 is 5.97 Å². The molecule has 5 nitrogen and oxygen atoms in total. The van der Waals surface area contributed by atoms with E-state index in [0.717, 1.165) is 5.56 Å². The molecule has 6 heteroatoms. The SMILES string of the molecule is COc1cc(C(=O)OCC(C)=O)cc(Br)c1OCc1ccccc1. The van der Waals surface area contributed by atoms with E-state index in [0.29, 0.717) is 22.6 Å². The first-order valence-electron chi connectivity index (χ1n) is 7.22. The first-order chi connectivity index (χ1) is 11.5. The third kappa shape index (κ3) is 4.83. The molecule has 2 rings (SSSR count). The van der Waals surface area contributed by atoms with Gasteiger partial charge in [0.25, 0.3) is 0 Å². The van der Waals surface area contributed by atoms with Gasteiger partial charge in [0.1, 0.15) is 13.2 Å². The highest BCUT2D eigenvalue weighted by atomic mass is 79.9. The van der Waals surface area contributed by atoms with Crippen LogP contribution in [0, 0.1) is 0 Å². The normalized spacial score (nSPS) is 10.1. The molecule has 126 valence electrons. The number of methoxy groups -OCH3 is 1. The summed E-state index contributed by atoms with van der Waals surface area (Å²) in [5, 5.41) is 0. The predicted octanol–water partition coefficient (Wildman–Crippen LogP) is 3.78. The molecule has 0 saturated carbocycles. The second-order valence-electron chi connectivity index (χ2n) is 5.04. The summed E-state index contributed by atoms with van der Waals surface area (Å²) in [5.74, 6) is 0.0653. The van der Waals surface area contributed by atoms with Crippen LogP contribution in [0.25, 0.3) is 0 Å². The third-order valence-electron chi connectivity index (χ3n) is 3.10. The zero-order valence-electron chi connectivity index (χ0n) is 13.4. The highest BCUT2D eigenvalue weighted by Gasteiger charge is 2.17. The van der Waals surface area contributed by atoms with Crippen molar-refractivity contribution in [3.63, 3.8) is 0 Å². The number of hydrogen-bond acceptors (Lipinski definition) is 5. The Labute approximate surface area is 148 Å². The minimum atomic E-state index is -0.598. The second kappa shape index (κ2) is 8.49. The van der Waals surface area contributed by atoms with Crippen molar-refractivity contribution in [2.24, 2.45) is 0 Å². The average molecular weight is 393 g/mol. The highest BCUT2D eigenvalue weighted by Crippen LogP contribution is 2.37. The fourth-order valence-electron chi connectivity index (χ4n) is 1.96. The van der Waals surface area contributed by atoms with Crippen LogP contribution in [0.1, 0.15) is 22.8 Å². The first-order valence-corrected chi connectivity index (χ1v) is 8.01. The van der Waals surface area contributed by atoms with Gasteiger partial charge in [-0.15, -0.1) is 0 Å². The van der Waals surface area contributed by atoms with Crippen LogP contribution in [-0.2, 0) is 16.1 Å². The van der Waals surface area contributed by atoms with E-state index >= 15 is 0 Å². The number of ether oxygens (including phenoxy) is 3. The lowest BCUT2D eigenvalue weighted by molar-refractivity contribution is -0.120. The van der Waals surface area contributed by atoms with Gasteiger partial charge in [-0.3, -0.25) is 4.79 Å². The molecule has 0 aliphatic carbocycles. The monoisotopic (exact) mass is 392 g/mol. The number of ketones is 1. The van der Waals surface area contributed by atoms with Crippen LogP contribution in [-0.4, -0.2) is 25.5 Å². The quantitative estimate of drug-likeness (QED) is 0.670. The van der Waals surface area contributed by atoms with E-state index in [1.807, 2.05) is 30.3 Å². The van der Waals surface area contributed by atoms with Crippen LogP contribution in [0.15, 0.2) is 46.9 Å². The standard InChI is InChI=1S/C18H17BrO5/c1-12(20)10-24-18(21)14-8-15(19)17(16(9-14)22-2)23-11-13-6-4-3-5-7-13/h3-9H,10-11H2,1-2H3. The van der Waals surface area contributed by atoms with Gasteiger partial charge in [-0.2, -0.15) is 0 Å². The van der Waals surface area contributed by atoms with E-state index in [1.165, 1.54) is 20.1 Å². The fourth-order valence-corrected chi connectivity index (χ4v) is 2.51. The number of rotatable bonds is 7. The zero-order chi connectivity index (χ0) is 17.5. The van der Waals surface area contributed by atoms with Crippen LogP contribution in [0.2, 0.25) is 0 Å². The molecule has 0 aliphatic heterocycles. The Morgan fingerprint density at radius 1 is 1.12 bits per heavy atom. The lowest BCUT2D eigenvalue weighted by Crippen LogP contribution is -2.12. The molecule has 2 aromatic carbocycles. The Bertz CT molecular complexity index is 728. The van der Waals surface area contributed by atoms with E-state index in [2.05, 4.69) is 15.9 Å². The van der Waals surface area contributed by atoms with Gasteiger partial charge in [0.05, 0.1) is 17.1 Å². The molecule has 0 aliphatic rings. The lowest BCUT2D eigenvalue weighted by atomic mass is 10.2. The summed E-state index contributed by atoms with van der Waals surface area (Å²) in [7, 11) is 1.49. The Morgan fingerprint density at radius 3 is 2.46 bits per heavy atom. The maximum absolute atomic E-state index is 12.0. The molecule has 0 amide bonds. The molecule has 0 heterocycles. The van der Waals surface area contributed by atoms with Gasteiger partial charge in [-0.1, -0.05) is 30.3 Å². The topological polar surface area (TPSA) is 61.8 Å². The third-order valence-corrected chi connectivity index (χ3v) is 3.69. The van der Waals surface area contributed by atoms with Gasteiger partial charge in [0.2, 0.25) is 0 Å². The highest BCUT2D eigenvalue weighted by molar-refractivity contribution is 9.10. The van der Waals surface area contributed by atoms with Crippen LogP contribution in [0.5, 0.6) is 11.5 Å².